The summed E-state index contributed by atoms with van der Waals surface area (Å²) in [6, 6.07) is 13.2. The van der Waals surface area contributed by atoms with Crippen LogP contribution in [-0.4, -0.2) is 74.8 Å². The van der Waals surface area contributed by atoms with Gasteiger partial charge in [-0.3, -0.25) is 9.59 Å². The van der Waals surface area contributed by atoms with Gasteiger partial charge in [0.05, 0.1) is 13.0 Å². The molecular formula is C23H25N3O5. The summed E-state index contributed by atoms with van der Waals surface area (Å²) >= 11 is 0. The second kappa shape index (κ2) is 8.02. The summed E-state index contributed by atoms with van der Waals surface area (Å²) in [6.07, 6.45) is 0. The van der Waals surface area contributed by atoms with E-state index in [4.69, 9.17) is 14.2 Å². The van der Waals surface area contributed by atoms with E-state index in [2.05, 4.69) is 11.0 Å². The summed E-state index contributed by atoms with van der Waals surface area (Å²) in [5.74, 6) is 2.01. The number of likely N-dealkylation sites (tertiary alicyclic amines) is 1. The molecule has 0 spiro atoms. The van der Waals surface area contributed by atoms with Crippen LogP contribution in [0.2, 0.25) is 0 Å². The van der Waals surface area contributed by atoms with E-state index in [1.165, 1.54) is 0 Å². The van der Waals surface area contributed by atoms with Gasteiger partial charge >= 0.3 is 0 Å². The Morgan fingerprint density at radius 1 is 0.935 bits per heavy atom. The first-order valence-corrected chi connectivity index (χ1v) is 10.5. The maximum atomic E-state index is 12.9. The molecule has 5 rings (SSSR count). The Morgan fingerprint density at radius 3 is 2.48 bits per heavy atom. The van der Waals surface area contributed by atoms with Crippen LogP contribution in [0.3, 0.4) is 0 Å². The number of benzene rings is 2. The summed E-state index contributed by atoms with van der Waals surface area (Å²) in [6.45, 7) is 4.03. The standard InChI is InChI=1S/C23H25N3O5/c1-29-19-4-2-3-18(12-19)24-7-9-25(10-8-24)23(28)17-13-26(14-17)22(27)16-5-6-20-21(11-16)31-15-30-20/h2-6,11-12,17H,7-10,13-15H2,1H3. The highest BCUT2D eigenvalue weighted by Crippen LogP contribution is 2.33. The average molecular weight is 423 g/mol. The Morgan fingerprint density at radius 2 is 1.71 bits per heavy atom. The van der Waals surface area contributed by atoms with Gasteiger partial charge in [0.1, 0.15) is 5.75 Å². The number of ether oxygens (including phenoxy) is 3. The summed E-state index contributed by atoms with van der Waals surface area (Å²) < 4.78 is 15.9. The average Bonchev–Trinajstić information content (AvgIpc) is 3.26. The molecule has 0 N–H and O–H groups in total. The first-order chi connectivity index (χ1) is 15.1. The van der Waals surface area contributed by atoms with E-state index in [9.17, 15) is 9.59 Å². The number of fused-ring (bicyclic) bond motifs is 1. The fourth-order valence-corrected chi connectivity index (χ4v) is 4.26. The Hall–Kier alpha value is -3.42. The van der Waals surface area contributed by atoms with Crippen molar-refractivity contribution in [3.05, 3.63) is 48.0 Å². The molecule has 8 nitrogen and oxygen atoms in total. The molecule has 162 valence electrons. The molecule has 0 atom stereocenters. The van der Waals surface area contributed by atoms with Crippen molar-refractivity contribution in [2.75, 3.05) is 58.1 Å². The minimum Gasteiger partial charge on any atom is -0.497 e. The minimum absolute atomic E-state index is 0.0785. The third kappa shape index (κ3) is 3.73. The fourth-order valence-electron chi connectivity index (χ4n) is 4.26. The van der Waals surface area contributed by atoms with Crippen molar-refractivity contribution in [3.63, 3.8) is 0 Å². The van der Waals surface area contributed by atoms with Crippen LogP contribution in [-0.2, 0) is 4.79 Å². The van der Waals surface area contributed by atoms with Crippen LogP contribution in [0.15, 0.2) is 42.5 Å². The molecule has 0 unspecified atom stereocenters. The molecule has 0 saturated carbocycles. The van der Waals surface area contributed by atoms with E-state index >= 15 is 0 Å². The van der Waals surface area contributed by atoms with Crippen molar-refractivity contribution in [2.45, 2.75) is 0 Å². The fraction of sp³-hybridized carbons (Fsp3) is 0.391. The van der Waals surface area contributed by atoms with Crippen LogP contribution in [0.4, 0.5) is 5.69 Å². The number of anilines is 1. The molecular weight excluding hydrogens is 398 g/mol. The van der Waals surface area contributed by atoms with Gasteiger partial charge in [0.15, 0.2) is 11.5 Å². The molecule has 3 aliphatic heterocycles. The quantitative estimate of drug-likeness (QED) is 0.748. The molecule has 2 saturated heterocycles. The Labute approximate surface area is 180 Å². The lowest BCUT2D eigenvalue weighted by molar-refractivity contribution is -0.140. The monoisotopic (exact) mass is 423 g/mol. The third-order valence-corrected chi connectivity index (χ3v) is 6.15. The first kappa shape index (κ1) is 19.5. The molecule has 2 aromatic carbocycles. The number of piperazine rings is 1. The van der Waals surface area contributed by atoms with Crippen molar-refractivity contribution in [1.29, 1.82) is 0 Å². The van der Waals surface area contributed by atoms with Crippen molar-refractivity contribution >= 4 is 17.5 Å². The zero-order valence-electron chi connectivity index (χ0n) is 17.5. The van der Waals surface area contributed by atoms with Gasteiger partial charge in [-0.25, -0.2) is 0 Å². The molecule has 0 aliphatic carbocycles. The van der Waals surface area contributed by atoms with Gasteiger partial charge in [-0.1, -0.05) is 6.07 Å². The van der Waals surface area contributed by atoms with E-state index in [0.29, 0.717) is 43.2 Å². The van der Waals surface area contributed by atoms with Gasteiger partial charge in [-0.15, -0.1) is 0 Å². The van der Waals surface area contributed by atoms with Crippen molar-refractivity contribution in [2.24, 2.45) is 5.92 Å². The van der Waals surface area contributed by atoms with Crippen LogP contribution >= 0.6 is 0 Å². The van der Waals surface area contributed by atoms with Gasteiger partial charge in [0.25, 0.3) is 5.91 Å². The third-order valence-electron chi connectivity index (χ3n) is 6.15. The van der Waals surface area contributed by atoms with Crippen LogP contribution in [0, 0.1) is 5.92 Å². The van der Waals surface area contributed by atoms with Gasteiger partial charge in [-0.05, 0) is 30.3 Å². The lowest BCUT2D eigenvalue weighted by atomic mass is 9.96. The van der Waals surface area contributed by atoms with Crippen LogP contribution in [0.5, 0.6) is 17.2 Å². The first-order valence-electron chi connectivity index (χ1n) is 10.5. The molecule has 0 radical (unpaired) electrons. The summed E-state index contributed by atoms with van der Waals surface area (Å²) in [7, 11) is 1.66. The topological polar surface area (TPSA) is 71.6 Å². The molecule has 0 aromatic heterocycles. The SMILES string of the molecule is COc1cccc(N2CCN(C(=O)C3CN(C(=O)c4ccc5c(c4)OCO5)C3)CC2)c1. The van der Waals surface area contributed by atoms with Crippen molar-refractivity contribution < 1.29 is 23.8 Å². The van der Waals surface area contributed by atoms with E-state index in [-0.39, 0.29) is 24.5 Å². The summed E-state index contributed by atoms with van der Waals surface area (Å²) in [5.41, 5.74) is 1.66. The van der Waals surface area contributed by atoms with Gasteiger partial charge in [-0.2, -0.15) is 0 Å². The molecule has 2 fully saturated rings. The maximum absolute atomic E-state index is 12.9. The minimum atomic E-state index is -0.124. The number of carbonyl (C=O) groups is 2. The number of methoxy groups -OCH3 is 1. The zero-order valence-corrected chi connectivity index (χ0v) is 17.5. The Balaban J connectivity index is 1.13. The van der Waals surface area contributed by atoms with Crippen molar-refractivity contribution in [3.8, 4) is 17.2 Å². The molecule has 3 aliphatic rings. The Bertz CT molecular complexity index is 996. The predicted molar refractivity (Wildman–Crippen MR) is 114 cm³/mol. The lowest BCUT2D eigenvalue weighted by Crippen LogP contribution is -2.59. The van der Waals surface area contributed by atoms with E-state index in [1.54, 1.807) is 30.2 Å². The highest BCUT2D eigenvalue weighted by Gasteiger charge is 2.39. The number of carbonyl (C=O) groups excluding carboxylic acids is 2. The van der Waals surface area contributed by atoms with Crippen LogP contribution < -0.4 is 19.1 Å². The zero-order chi connectivity index (χ0) is 21.4. The van der Waals surface area contributed by atoms with Crippen LogP contribution in [0.25, 0.3) is 0 Å². The molecule has 0 bridgehead atoms. The second-order valence-corrected chi connectivity index (χ2v) is 7.99. The van der Waals surface area contributed by atoms with E-state index in [0.717, 1.165) is 24.5 Å². The van der Waals surface area contributed by atoms with Crippen molar-refractivity contribution in [1.82, 2.24) is 9.80 Å². The number of nitrogens with zero attached hydrogens (tertiary/aromatic N) is 3. The maximum Gasteiger partial charge on any atom is 0.254 e. The molecule has 8 heteroatoms. The predicted octanol–water partition coefficient (Wildman–Crippen LogP) is 1.84. The summed E-state index contributed by atoms with van der Waals surface area (Å²) in [4.78, 5) is 31.5. The molecule has 31 heavy (non-hydrogen) atoms. The highest BCUT2D eigenvalue weighted by molar-refractivity contribution is 5.96. The Kier molecular flexibility index (Phi) is 5.05. The number of rotatable bonds is 4. The smallest absolute Gasteiger partial charge is 0.254 e. The second-order valence-electron chi connectivity index (χ2n) is 7.99. The molecule has 3 heterocycles. The number of hydrogen-bond donors (Lipinski definition) is 0. The largest absolute Gasteiger partial charge is 0.497 e. The normalized spacial score (nSPS) is 18.0. The number of hydrogen-bond acceptors (Lipinski definition) is 6. The van der Waals surface area contributed by atoms with Gasteiger partial charge < -0.3 is 28.9 Å². The van der Waals surface area contributed by atoms with Crippen LogP contribution in [0.1, 0.15) is 10.4 Å². The summed E-state index contributed by atoms with van der Waals surface area (Å²) in [5, 5.41) is 0. The van der Waals surface area contributed by atoms with Gasteiger partial charge in [0, 0.05) is 56.6 Å². The highest BCUT2D eigenvalue weighted by atomic mass is 16.7. The molecule has 2 amide bonds. The number of amides is 2. The van der Waals surface area contributed by atoms with E-state index in [1.807, 2.05) is 23.1 Å². The van der Waals surface area contributed by atoms with E-state index < -0.39 is 0 Å². The van der Waals surface area contributed by atoms with Gasteiger partial charge in [0.2, 0.25) is 12.7 Å². The lowest BCUT2D eigenvalue weighted by Gasteiger charge is -2.43. The molecule has 2 aromatic rings.